The normalized spacial score (nSPS) is 19.3. The Hall–Kier alpha value is -0.970. The molecule has 0 amide bonds. The maximum atomic E-state index is 13.7. The molecule has 2 nitrogen and oxygen atoms in total. The van der Waals surface area contributed by atoms with Gasteiger partial charge in [-0.15, -0.1) is 11.3 Å². The third-order valence-electron chi connectivity index (χ3n) is 3.10. The summed E-state index contributed by atoms with van der Waals surface area (Å²) in [5.74, 6) is -0.278. The van der Waals surface area contributed by atoms with Gasteiger partial charge < -0.3 is 5.32 Å². The van der Waals surface area contributed by atoms with Crippen LogP contribution in [0.2, 0.25) is 5.02 Å². The van der Waals surface area contributed by atoms with E-state index in [1.807, 2.05) is 5.38 Å². The summed E-state index contributed by atoms with van der Waals surface area (Å²) in [5, 5.41) is 6.61. The molecule has 1 N–H and O–H groups in total. The summed E-state index contributed by atoms with van der Waals surface area (Å²) in [5.41, 5.74) is 1.49. The maximum Gasteiger partial charge on any atom is 0.133 e. The minimum absolute atomic E-state index is 0.278. The summed E-state index contributed by atoms with van der Waals surface area (Å²) >= 11 is 7.36. The smallest absolute Gasteiger partial charge is 0.133 e. The van der Waals surface area contributed by atoms with Crippen molar-refractivity contribution >= 4 is 22.9 Å². The summed E-state index contributed by atoms with van der Waals surface area (Å²) in [6, 6.07) is 4.87. The van der Waals surface area contributed by atoms with Crippen LogP contribution in [0.1, 0.15) is 24.6 Å². The molecule has 1 aliphatic rings. The Morgan fingerprint density at radius 3 is 3.11 bits per heavy atom. The Bertz CT molecular complexity index is 564. The fourth-order valence-corrected chi connectivity index (χ4v) is 3.23. The molecule has 94 valence electrons. The van der Waals surface area contributed by atoms with Crippen LogP contribution >= 0.6 is 22.9 Å². The van der Waals surface area contributed by atoms with Crippen molar-refractivity contribution in [3.63, 3.8) is 0 Å². The topological polar surface area (TPSA) is 24.9 Å². The van der Waals surface area contributed by atoms with Crippen molar-refractivity contribution in [2.24, 2.45) is 0 Å². The molecule has 0 radical (unpaired) electrons. The van der Waals surface area contributed by atoms with Crippen molar-refractivity contribution in [2.45, 2.75) is 18.9 Å². The first kappa shape index (κ1) is 12.1. The number of aromatic nitrogens is 1. The first-order chi connectivity index (χ1) is 8.74. The Kier molecular flexibility index (Phi) is 3.33. The summed E-state index contributed by atoms with van der Waals surface area (Å²) in [6.45, 7) is 1.03. The van der Waals surface area contributed by atoms with Crippen LogP contribution in [0.25, 0.3) is 10.6 Å². The Balaban J connectivity index is 1.94. The molecule has 1 saturated heterocycles. The van der Waals surface area contributed by atoms with Crippen LogP contribution in [0.4, 0.5) is 4.39 Å². The van der Waals surface area contributed by atoms with Gasteiger partial charge in [0, 0.05) is 16.0 Å². The first-order valence-electron chi connectivity index (χ1n) is 5.88. The third kappa shape index (κ3) is 2.28. The van der Waals surface area contributed by atoms with E-state index in [4.69, 9.17) is 11.6 Å². The first-order valence-corrected chi connectivity index (χ1v) is 7.14. The van der Waals surface area contributed by atoms with E-state index < -0.39 is 0 Å². The van der Waals surface area contributed by atoms with Crippen molar-refractivity contribution < 1.29 is 4.39 Å². The Morgan fingerprint density at radius 2 is 2.33 bits per heavy atom. The molecule has 0 aliphatic carbocycles. The molecule has 1 aromatic carbocycles. The van der Waals surface area contributed by atoms with Gasteiger partial charge in [-0.2, -0.15) is 0 Å². The highest BCUT2D eigenvalue weighted by Gasteiger charge is 2.20. The third-order valence-corrected chi connectivity index (χ3v) is 4.23. The van der Waals surface area contributed by atoms with Crippen LogP contribution in [-0.2, 0) is 0 Å². The van der Waals surface area contributed by atoms with Gasteiger partial charge in [0.15, 0.2) is 0 Å². The molecule has 5 heteroatoms. The number of nitrogens with one attached hydrogen (secondary N) is 1. The van der Waals surface area contributed by atoms with Gasteiger partial charge in [0.1, 0.15) is 10.8 Å². The lowest BCUT2D eigenvalue weighted by Crippen LogP contribution is -2.12. The molecule has 2 heterocycles. The lowest BCUT2D eigenvalue weighted by Gasteiger charge is -2.05. The second kappa shape index (κ2) is 4.96. The zero-order valence-corrected chi connectivity index (χ0v) is 11.2. The standard InChI is InChI=1S/C13H12ClFN2S/c14-8-3-4-10(15)9(6-8)13-17-12(7-18-13)11-2-1-5-16-11/h3-4,6-7,11,16H,1-2,5H2/t11-/m0/s1. The molecule has 3 rings (SSSR count). The van der Waals surface area contributed by atoms with E-state index in [1.54, 1.807) is 12.1 Å². The minimum Gasteiger partial charge on any atom is -0.309 e. The van der Waals surface area contributed by atoms with Gasteiger partial charge in [0.05, 0.1) is 11.7 Å². The molecule has 2 aromatic rings. The summed E-state index contributed by atoms with van der Waals surface area (Å²) in [7, 11) is 0. The lowest BCUT2D eigenvalue weighted by molar-refractivity contribution is 0.626. The Morgan fingerprint density at radius 1 is 1.44 bits per heavy atom. The summed E-state index contributed by atoms with van der Waals surface area (Å²) in [4.78, 5) is 4.52. The predicted molar refractivity (Wildman–Crippen MR) is 72.5 cm³/mol. The van der Waals surface area contributed by atoms with Crippen molar-refractivity contribution in [3.05, 3.63) is 40.1 Å². The molecule has 0 spiro atoms. The van der Waals surface area contributed by atoms with Crippen LogP contribution in [-0.4, -0.2) is 11.5 Å². The van der Waals surface area contributed by atoms with Crippen molar-refractivity contribution in [1.29, 1.82) is 0 Å². The molecule has 0 unspecified atom stereocenters. The number of rotatable bonds is 2. The van der Waals surface area contributed by atoms with Gasteiger partial charge in [0.25, 0.3) is 0 Å². The van der Waals surface area contributed by atoms with Crippen LogP contribution in [0, 0.1) is 5.82 Å². The minimum atomic E-state index is -0.278. The number of benzene rings is 1. The SMILES string of the molecule is Fc1ccc(Cl)cc1-c1nc([C@@H]2CCCN2)cs1. The quantitative estimate of drug-likeness (QED) is 0.900. The van der Waals surface area contributed by atoms with Crippen LogP contribution in [0.5, 0.6) is 0 Å². The van der Waals surface area contributed by atoms with E-state index in [2.05, 4.69) is 10.3 Å². The number of hydrogen-bond donors (Lipinski definition) is 1. The second-order valence-corrected chi connectivity index (χ2v) is 5.65. The zero-order valence-electron chi connectivity index (χ0n) is 9.62. The van der Waals surface area contributed by atoms with Gasteiger partial charge in [-0.25, -0.2) is 9.37 Å². The zero-order chi connectivity index (χ0) is 12.5. The molecular formula is C13H12ClFN2S. The van der Waals surface area contributed by atoms with Gasteiger partial charge >= 0.3 is 0 Å². The predicted octanol–water partition coefficient (Wildman–Crippen LogP) is 4.03. The van der Waals surface area contributed by atoms with Gasteiger partial charge in [-0.05, 0) is 37.6 Å². The van der Waals surface area contributed by atoms with Gasteiger partial charge in [-0.3, -0.25) is 0 Å². The number of hydrogen-bond acceptors (Lipinski definition) is 3. The van der Waals surface area contributed by atoms with Crippen molar-refractivity contribution in [2.75, 3.05) is 6.54 Å². The van der Waals surface area contributed by atoms with Crippen LogP contribution in [0.3, 0.4) is 0 Å². The van der Waals surface area contributed by atoms with Gasteiger partial charge in [0.2, 0.25) is 0 Å². The molecule has 1 atom stereocenters. The van der Waals surface area contributed by atoms with E-state index in [9.17, 15) is 4.39 Å². The highest BCUT2D eigenvalue weighted by Crippen LogP contribution is 2.32. The highest BCUT2D eigenvalue weighted by atomic mass is 35.5. The summed E-state index contributed by atoms with van der Waals surface area (Å²) < 4.78 is 13.7. The molecular weight excluding hydrogens is 271 g/mol. The average Bonchev–Trinajstić information content (AvgIpc) is 3.00. The second-order valence-electron chi connectivity index (χ2n) is 4.35. The van der Waals surface area contributed by atoms with E-state index in [0.29, 0.717) is 21.6 Å². The van der Waals surface area contributed by atoms with Crippen molar-refractivity contribution in [3.8, 4) is 10.6 Å². The number of nitrogens with zero attached hydrogens (tertiary/aromatic N) is 1. The van der Waals surface area contributed by atoms with Crippen LogP contribution < -0.4 is 5.32 Å². The lowest BCUT2D eigenvalue weighted by atomic mass is 10.2. The maximum absolute atomic E-state index is 13.7. The van der Waals surface area contributed by atoms with E-state index >= 15 is 0 Å². The Labute approximate surface area is 114 Å². The molecule has 18 heavy (non-hydrogen) atoms. The largest absolute Gasteiger partial charge is 0.309 e. The molecule has 1 fully saturated rings. The fourth-order valence-electron chi connectivity index (χ4n) is 2.17. The van der Waals surface area contributed by atoms with Crippen LogP contribution in [0.15, 0.2) is 23.6 Å². The molecule has 0 bridgehead atoms. The van der Waals surface area contributed by atoms with E-state index in [0.717, 1.165) is 18.7 Å². The highest BCUT2D eigenvalue weighted by molar-refractivity contribution is 7.13. The fraction of sp³-hybridized carbons (Fsp3) is 0.308. The monoisotopic (exact) mass is 282 g/mol. The molecule has 0 saturated carbocycles. The molecule has 1 aromatic heterocycles. The van der Waals surface area contributed by atoms with E-state index in [1.165, 1.54) is 23.8 Å². The molecule has 1 aliphatic heterocycles. The van der Waals surface area contributed by atoms with E-state index in [-0.39, 0.29) is 5.82 Å². The average molecular weight is 283 g/mol. The summed E-state index contributed by atoms with van der Waals surface area (Å²) in [6.07, 6.45) is 2.27. The van der Waals surface area contributed by atoms with Crippen molar-refractivity contribution in [1.82, 2.24) is 10.3 Å². The number of thiazole rings is 1. The number of halogens is 2. The van der Waals surface area contributed by atoms with Gasteiger partial charge in [-0.1, -0.05) is 11.6 Å².